The van der Waals surface area contributed by atoms with Crippen molar-refractivity contribution in [2.24, 2.45) is 0 Å². The van der Waals surface area contributed by atoms with Gasteiger partial charge >= 0.3 is 6.09 Å². The largest absolute Gasteiger partial charge is 0.465 e. The fourth-order valence-electron chi connectivity index (χ4n) is 4.36. The fraction of sp³-hybridized carbons (Fsp3) is 0.571. The molecule has 1 amide bonds. The molecular weight excluding hydrogens is 426 g/mol. The van der Waals surface area contributed by atoms with Gasteiger partial charge in [-0.3, -0.25) is 4.79 Å². The molecule has 1 aromatic heterocycles. The van der Waals surface area contributed by atoms with E-state index in [1.807, 2.05) is 0 Å². The molecular formula is C21H26F2N4O3S. The van der Waals surface area contributed by atoms with Gasteiger partial charge in [0.05, 0.1) is 17.8 Å². The molecule has 7 nitrogen and oxygen atoms in total. The fourth-order valence-corrected chi connectivity index (χ4v) is 5.51. The number of halogens is 2. The number of rotatable bonds is 5. The molecule has 168 valence electrons. The van der Waals surface area contributed by atoms with Gasteiger partial charge < -0.3 is 20.3 Å². The van der Waals surface area contributed by atoms with Crippen molar-refractivity contribution < 1.29 is 18.7 Å². The average molecular weight is 453 g/mol. The van der Waals surface area contributed by atoms with Gasteiger partial charge in [-0.2, -0.15) is 11.8 Å². The van der Waals surface area contributed by atoms with Crippen molar-refractivity contribution in [2.45, 2.75) is 61.7 Å². The molecule has 1 aliphatic heterocycles. The third kappa shape index (κ3) is 5.28. The number of hydrogen-bond acceptors (Lipinski definition) is 5. The van der Waals surface area contributed by atoms with Crippen LogP contribution in [0.25, 0.3) is 10.9 Å². The molecule has 2 unspecified atom stereocenters. The molecule has 2 heterocycles. The zero-order chi connectivity index (χ0) is 22.0. The van der Waals surface area contributed by atoms with Crippen molar-refractivity contribution in [2.75, 3.05) is 18.4 Å². The van der Waals surface area contributed by atoms with E-state index >= 15 is 0 Å². The summed E-state index contributed by atoms with van der Waals surface area (Å²) in [5.41, 5.74) is 0.374. The molecule has 0 bridgehead atoms. The maximum atomic E-state index is 14.6. The minimum atomic E-state index is -1.22. The summed E-state index contributed by atoms with van der Waals surface area (Å²) in [7, 11) is 0. The number of nitrogens with zero attached hydrogens (tertiary/aromatic N) is 2. The molecule has 1 aromatic carbocycles. The lowest BCUT2D eigenvalue weighted by atomic mass is 10.2. The number of likely N-dealkylation sites (tertiary alicyclic amines) is 1. The SMILES string of the molecule is O=C(O)N1CCC(SCc2nc3cc(NC4CCCC4)cc(F)c3c(=O)[nH]2)CC(F)C1. The monoisotopic (exact) mass is 452 g/mol. The molecule has 2 fully saturated rings. The Balaban J connectivity index is 1.48. The van der Waals surface area contributed by atoms with Crippen LogP contribution in [0, 0.1) is 5.82 Å². The Labute approximate surface area is 182 Å². The number of carbonyl (C=O) groups is 1. The number of fused-ring (bicyclic) bond motifs is 1. The summed E-state index contributed by atoms with van der Waals surface area (Å²) in [6.07, 6.45) is 2.82. The van der Waals surface area contributed by atoms with E-state index < -0.39 is 23.6 Å². The third-order valence-corrected chi connectivity index (χ3v) is 7.26. The minimum Gasteiger partial charge on any atom is -0.465 e. The standard InChI is InChI=1S/C21H26F2N4O3S/c22-12-7-15(5-6-27(10-12)21(29)30)31-11-18-25-17-9-14(24-13-3-1-2-4-13)8-16(23)19(17)20(28)26-18/h8-9,12-13,15,24H,1-7,10-11H2,(H,29,30)(H,25,26,28). The number of aromatic nitrogens is 2. The average Bonchev–Trinajstić information content (AvgIpc) is 3.13. The van der Waals surface area contributed by atoms with Gasteiger partial charge in [0.15, 0.2) is 0 Å². The maximum Gasteiger partial charge on any atom is 0.407 e. The van der Waals surface area contributed by atoms with Crippen LogP contribution < -0.4 is 10.9 Å². The molecule has 0 spiro atoms. The van der Waals surface area contributed by atoms with Crippen molar-refractivity contribution in [1.29, 1.82) is 0 Å². The second kappa shape index (κ2) is 9.42. The Bertz CT molecular complexity index is 1010. The van der Waals surface area contributed by atoms with Gasteiger partial charge in [-0.15, -0.1) is 0 Å². The number of thioether (sulfide) groups is 1. The van der Waals surface area contributed by atoms with E-state index in [0.29, 0.717) is 35.2 Å². The Morgan fingerprint density at radius 1 is 1.32 bits per heavy atom. The number of hydrogen-bond donors (Lipinski definition) is 3. The van der Waals surface area contributed by atoms with Crippen molar-refractivity contribution in [3.8, 4) is 0 Å². The molecule has 3 N–H and O–H groups in total. The Hall–Kier alpha value is -2.36. The molecule has 10 heteroatoms. The number of alkyl halides is 1. The minimum absolute atomic E-state index is 0.0684. The lowest BCUT2D eigenvalue weighted by molar-refractivity contribution is 0.134. The summed E-state index contributed by atoms with van der Waals surface area (Å²) < 4.78 is 28.7. The highest BCUT2D eigenvalue weighted by molar-refractivity contribution is 7.99. The van der Waals surface area contributed by atoms with Crippen LogP contribution in [-0.2, 0) is 5.75 Å². The van der Waals surface area contributed by atoms with Gasteiger partial charge in [0.1, 0.15) is 23.2 Å². The molecule has 2 aromatic rings. The normalized spacial score (nSPS) is 22.6. The van der Waals surface area contributed by atoms with Gasteiger partial charge in [0.2, 0.25) is 0 Å². The highest BCUT2D eigenvalue weighted by atomic mass is 32.2. The van der Waals surface area contributed by atoms with Crippen LogP contribution in [-0.4, -0.2) is 56.6 Å². The molecule has 0 radical (unpaired) electrons. The second-order valence-corrected chi connectivity index (χ2v) is 9.56. The molecule has 31 heavy (non-hydrogen) atoms. The molecule has 2 atom stereocenters. The lowest BCUT2D eigenvalue weighted by Gasteiger charge is -2.16. The maximum absolute atomic E-state index is 14.6. The van der Waals surface area contributed by atoms with E-state index in [-0.39, 0.29) is 30.1 Å². The molecule has 2 aliphatic rings. The Morgan fingerprint density at radius 2 is 2.10 bits per heavy atom. The van der Waals surface area contributed by atoms with Crippen LogP contribution in [0.1, 0.15) is 44.3 Å². The van der Waals surface area contributed by atoms with Crippen LogP contribution in [0.15, 0.2) is 16.9 Å². The van der Waals surface area contributed by atoms with Crippen LogP contribution in [0.4, 0.5) is 19.3 Å². The Kier molecular flexibility index (Phi) is 6.64. The van der Waals surface area contributed by atoms with Crippen molar-refractivity contribution in [3.63, 3.8) is 0 Å². The predicted octanol–water partition coefficient (Wildman–Crippen LogP) is 4.13. The van der Waals surface area contributed by atoms with E-state index in [9.17, 15) is 18.4 Å². The van der Waals surface area contributed by atoms with Crippen molar-refractivity contribution >= 4 is 34.4 Å². The van der Waals surface area contributed by atoms with Crippen LogP contribution in [0.3, 0.4) is 0 Å². The van der Waals surface area contributed by atoms with E-state index in [1.165, 1.54) is 17.8 Å². The third-order valence-electron chi connectivity index (χ3n) is 5.92. The molecule has 1 saturated carbocycles. The number of H-pyrrole nitrogens is 1. The van der Waals surface area contributed by atoms with Crippen molar-refractivity contribution in [1.82, 2.24) is 14.9 Å². The summed E-state index contributed by atoms with van der Waals surface area (Å²) in [5, 5.41) is 12.3. The number of aromatic amines is 1. The Morgan fingerprint density at radius 3 is 2.84 bits per heavy atom. The molecule has 1 saturated heterocycles. The van der Waals surface area contributed by atoms with E-state index in [2.05, 4.69) is 15.3 Å². The van der Waals surface area contributed by atoms with Gasteiger partial charge in [0.25, 0.3) is 5.56 Å². The first kappa shape index (κ1) is 21.9. The highest BCUT2D eigenvalue weighted by Gasteiger charge is 2.27. The van der Waals surface area contributed by atoms with E-state index in [1.54, 1.807) is 6.07 Å². The summed E-state index contributed by atoms with van der Waals surface area (Å²) in [5.74, 6) is 0.121. The smallest absolute Gasteiger partial charge is 0.407 e. The van der Waals surface area contributed by atoms with Crippen LogP contribution in [0.5, 0.6) is 0 Å². The summed E-state index contributed by atoms with van der Waals surface area (Å²) >= 11 is 1.43. The summed E-state index contributed by atoms with van der Waals surface area (Å²) in [6.45, 7) is 0.157. The van der Waals surface area contributed by atoms with Gasteiger partial charge in [-0.25, -0.2) is 18.6 Å². The predicted molar refractivity (Wildman–Crippen MR) is 117 cm³/mol. The highest BCUT2D eigenvalue weighted by Crippen LogP contribution is 2.28. The van der Waals surface area contributed by atoms with Gasteiger partial charge in [-0.05, 0) is 37.8 Å². The van der Waals surface area contributed by atoms with Gasteiger partial charge in [0, 0.05) is 23.5 Å². The summed E-state index contributed by atoms with van der Waals surface area (Å²) in [6, 6.07) is 3.35. The zero-order valence-corrected chi connectivity index (χ0v) is 17.9. The first-order valence-corrected chi connectivity index (χ1v) is 11.7. The lowest BCUT2D eigenvalue weighted by Crippen LogP contribution is -2.33. The number of carboxylic acid groups (broad SMARTS) is 1. The number of amides is 1. The van der Waals surface area contributed by atoms with Crippen LogP contribution >= 0.6 is 11.8 Å². The van der Waals surface area contributed by atoms with E-state index in [4.69, 9.17) is 5.11 Å². The summed E-state index contributed by atoms with van der Waals surface area (Å²) in [4.78, 5) is 31.8. The van der Waals surface area contributed by atoms with E-state index in [0.717, 1.165) is 30.6 Å². The zero-order valence-electron chi connectivity index (χ0n) is 17.1. The first-order chi connectivity index (χ1) is 14.9. The van der Waals surface area contributed by atoms with Crippen LogP contribution in [0.2, 0.25) is 0 Å². The second-order valence-electron chi connectivity index (χ2n) is 8.27. The number of benzene rings is 1. The molecule has 4 rings (SSSR count). The topological polar surface area (TPSA) is 98.3 Å². The quantitative estimate of drug-likeness (QED) is 0.631. The molecule has 1 aliphatic carbocycles. The van der Waals surface area contributed by atoms with Gasteiger partial charge in [-0.1, -0.05) is 12.8 Å². The van der Waals surface area contributed by atoms with Crippen molar-refractivity contribution in [3.05, 3.63) is 34.1 Å². The number of nitrogens with one attached hydrogen (secondary N) is 2. The number of anilines is 1. The first-order valence-electron chi connectivity index (χ1n) is 10.6.